The lowest BCUT2D eigenvalue weighted by molar-refractivity contribution is 0.415. The summed E-state index contributed by atoms with van der Waals surface area (Å²) in [5.41, 5.74) is 1.13. The Bertz CT molecular complexity index is 684. The molecule has 6 nitrogen and oxygen atoms in total. The zero-order valence-electron chi connectivity index (χ0n) is 11.6. The van der Waals surface area contributed by atoms with E-state index in [0.717, 1.165) is 0 Å². The lowest BCUT2D eigenvalue weighted by Crippen LogP contribution is -2.06. The van der Waals surface area contributed by atoms with Gasteiger partial charge in [0.1, 0.15) is 6.33 Å². The van der Waals surface area contributed by atoms with Gasteiger partial charge in [-0.25, -0.2) is 9.97 Å². The molecule has 1 aromatic heterocycles. The van der Waals surface area contributed by atoms with Gasteiger partial charge in [0, 0.05) is 6.54 Å². The number of rotatable bonds is 5. The van der Waals surface area contributed by atoms with Crippen molar-refractivity contribution >= 4 is 28.9 Å². The summed E-state index contributed by atoms with van der Waals surface area (Å²) in [7, 11) is 1.55. The molecule has 2 rings (SSSR count). The number of nitrogens with one attached hydrogen (secondary N) is 2. The maximum Gasteiger partial charge on any atom is 0.204 e. The molecule has 7 heteroatoms. The molecular formula is C14H14ClN5O. The molecule has 0 unspecified atom stereocenters. The highest BCUT2D eigenvalue weighted by atomic mass is 35.5. The Kier molecular flexibility index (Phi) is 4.80. The molecule has 1 aromatic carbocycles. The standard InChI is InChI=1S/C14H14ClN5O/c1-3-17-13-12(21-2)14(19-8-18-13)20-11-5-4-9(7-16)6-10(11)15/h4-6,8H,3H2,1-2H3,(H2,17,18,19,20). The Morgan fingerprint density at radius 3 is 2.71 bits per heavy atom. The highest BCUT2D eigenvalue weighted by Gasteiger charge is 2.13. The van der Waals surface area contributed by atoms with Crippen molar-refractivity contribution < 1.29 is 4.74 Å². The fourth-order valence-corrected chi connectivity index (χ4v) is 1.99. The van der Waals surface area contributed by atoms with Crippen molar-refractivity contribution in [2.45, 2.75) is 6.92 Å². The van der Waals surface area contributed by atoms with Crippen LogP contribution in [0.3, 0.4) is 0 Å². The van der Waals surface area contributed by atoms with Crippen LogP contribution in [0.25, 0.3) is 0 Å². The fourth-order valence-electron chi connectivity index (χ4n) is 1.76. The lowest BCUT2D eigenvalue weighted by Gasteiger charge is -2.14. The van der Waals surface area contributed by atoms with Crippen LogP contribution in [0.1, 0.15) is 12.5 Å². The molecule has 0 saturated heterocycles. The van der Waals surface area contributed by atoms with Gasteiger partial charge in [-0.15, -0.1) is 0 Å². The summed E-state index contributed by atoms with van der Waals surface area (Å²) < 4.78 is 5.34. The third kappa shape index (κ3) is 3.33. The number of aromatic nitrogens is 2. The number of halogens is 1. The van der Waals surface area contributed by atoms with E-state index in [2.05, 4.69) is 20.6 Å². The number of hydrogen-bond donors (Lipinski definition) is 2. The molecule has 0 aliphatic heterocycles. The van der Waals surface area contributed by atoms with Crippen LogP contribution in [0.2, 0.25) is 5.02 Å². The van der Waals surface area contributed by atoms with Crippen LogP contribution in [0.15, 0.2) is 24.5 Å². The number of nitrogens with zero attached hydrogens (tertiary/aromatic N) is 3. The first-order chi connectivity index (χ1) is 10.2. The maximum absolute atomic E-state index is 8.84. The van der Waals surface area contributed by atoms with Crippen LogP contribution in [0, 0.1) is 11.3 Å². The minimum atomic E-state index is 0.430. The summed E-state index contributed by atoms with van der Waals surface area (Å²) >= 11 is 6.14. The zero-order chi connectivity index (χ0) is 15.2. The number of benzene rings is 1. The average molecular weight is 304 g/mol. The molecule has 21 heavy (non-hydrogen) atoms. The minimum Gasteiger partial charge on any atom is -0.490 e. The van der Waals surface area contributed by atoms with E-state index in [1.807, 2.05) is 13.0 Å². The van der Waals surface area contributed by atoms with E-state index >= 15 is 0 Å². The molecule has 0 radical (unpaired) electrons. The normalized spacial score (nSPS) is 9.81. The van der Waals surface area contributed by atoms with Crippen LogP contribution < -0.4 is 15.4 Å². The van der Waals surface area contributed by atoms with E-state index in [1.54, 1.807) is 25.3 Å². The second-order valence-electron chi connectivity index (χ2n) is 4.07. The minimum absolute atomic E-state index is 0.430. The fraction of sp³-hybridized carbons (Fsp3) is 0.214. The lowest BCUT2D eigenvalue weighted by atomic mass is 10.2. The monoisotopic (exact) mass is 303 g/mol. The molecule has 0 atom stereocenters. The molecule has 0 fully saturated rings. The van der Waals surface area contributed by atoms with Gasteiger partial charge in [0.15, 0.2) is 11.6 Å². The highest BCUT2D eigenvalue weighted by molar-refractivity contribution is 6.33. The molecule has 0 amide bonds. The first kappa shape index (κ1) is 14.9. The summed E-state index contributed by atoms with van der Waals surface area (Å²) in [6.45, 7) is 2.68. The van der Waals surface area contributed by atoms with Crippen molar-refractivity contribution in [1.29, 1.82) is 5.26 Å². The Morgan fingerprint density at radius 1 is 1.33 bits per heavy atom. The first-order valence-electron chi connectivity index (χ1n) is 6.29. The quantitative estimate of drug-likeness (QED) is 0.882. The second-order valence-corrected chi connectivity index (χ2v) is 4.47. The SMILES string of the molecule is CCNc1ncnc(Nc2ccc(C#N)cc2Cl)c1OC. The van der Waals surface area contributed by atoms with E-state index in [4.69, 9.17) is 21.6 Å². The van der Waals surface area contributed by atoms with Gasteiger partial charge in [-0.2, -0.15) is 5.26 Å². The predicted octanol–water partition coefficient (Wildman–Crippen LogP) is 3.19. The van der Waals surface area contributed by atoms with Crippen molar-refractivity contribution in [1.82, 2.24) is 9.97 Å². The van der Waals surface area contributed by atoms with Gasteiger partial charge in [0.2, 0.25) is 5.75 Å². The van der Waals surface area contributed by atoms with E-state index < -0.39 is 0 Å². The van der Waals surface area contributed by atoms with E-state index in [1.165, 1.54) is 6.33 Å². The van der Waals surface area contributed by atoms with Crippen molar-refractivity contribution in [2.75, 3.05) is 24.3 Å². The number of nitriles is 1. The van der Waals surface area contributed by atoms with Gasteiger partial charge < -0.3 is 15.4 Å². The van der Waals surface area contributed by atoms with Crippen molar-refractivity contribution in [3.05, 3.63) is 35.1 Å². The predicted molar refractivity (Wildman–Crippen MR) is 82.2 cm³/mol. The number of anilines is 3. The summed E-state index contributed by atoms with van der Waals surface area (Å²) in [6.07, 6.45) is 1.43. The Labute approximate surface area is 127 Å². The van der Waals surface area contributed by atoms with Crippen LogP contribution in [-0.2, 0) is 0 Å². The topological polar surface area (TPSA) is 82.9 Å². The molecular weight excluding hydrogens is 290 g/mol. The van der Waals surface area contributed by atoms with Gasteiger partial charge in [-0.05, 0) is 25.1 Å². The van der Waals surface area contributed by atoms with Gasteiger partial charge in [-0.1, -0.05) is 11.6 Å². The molecule has 0 aliphatic carbocycles. The molecule has 0 bridgehead atoms. The second kappa shape index (κ2) is 6.77. The Hall–Kier alpha value is -2.52. The Balaban J connectivity index is 2.35. The average Bonchev–Trinajstić information content (AvgIpc) is 2.50. The number of hydrogen-bond acceptors (Lipinski definition) is 6. The molecule has 108 valence electrons. The molecule has 2 aromatic rings. The number of methoxy groups -OCH3 is 1. The maximum atomic E-state index is 8.84. The summed E-state index contributed by atoms with van der Waals surface area (Å²) in [5, 5.41) is 15.5. The third-order valence-electron chi connectivity index (χ3n) is 2.70. The van der Waals surface area contributed by atoms with Gasteiger partial charge in [0.25, 0.3) is 0 Å². The van der Waals surface area contributed by atoms with Crippen LogP contribution in [0.5, 0.6) is 5.75 Å². The third-order valence-corrected chi connectivity index (χ3v) is 3.02. The zero-order valence-corrected chi connectivity index (χ0v) is 12.4. The summed E-state index contributed by atoms with van der Waals surface area (Å²) in [5.74, 6) is 1.59. The molecule has 1 heterocycles. The van der Waals surface area contributed by atoms with E-state index in [-0.39, 0.29) is 0 Å². The van der Waals surface area contributed by atoms with Gasteiger partial charge in [0.05, 0.1) is 29.5 Å². The van der Waals surface area contributed by atoms with Crippen molar-refractivity contribution in [3.63, 3.8) is 0 Å². The number of ether oxygens (including phenoxy) is 1. The summed E-state index contributed by atoms with van der Waals surface area (Å²) in [6, 6.07) is 7.01. The molecule has 0 aliphatic rings. The Morgan fingerprint density at radius 2 is 2.10 bits per heavy atom. The van der Waals surface area contributed by atoms with Crippen LogP contribution in [0.4, 0.5) is 17.3 Å². The van der Waals surface area contributed by atoms with Gasteiger partial charge >= 0.3 is 0 Å². The van der Waals surface area contributed by atoms with E-state index in [0.29, 0.717) is 40.2 Å². The molecule has 2 N–H and O–H groups in total. The molecule has 0 saturated carbocycles. The largest absolute Gasteiger partial charge is 0.490 e. The van der Waals surface area contributed by atoms with Crippen LogP contribution in [-0.4, -0.2) is 23.6 Å². The smallest absolute Gasteiger partial charge is 0.204 e. The van der Waals surface area contributed by atoms with Gasteiger partial charge in [-0.3, -0.25) is 0 Å². The highest BCUT2D eigenvalue weighted by Crippen LogP contribution is 2.33. The molecule has 0 spiro atoms. The van der Waals surface area contributed by atoms with Crippen LogP contribution >= 0.6 is 11.6 Å². The first-order valence-corrected chi connectivity index (χ1v) is 6.67. The van der Waals surface area contributed by atoms with E-state index in [9.17, 15) is 0 Å². The van der Waals surface area contributed by atoms with Crippen molar-refractivity contribution in [2.24, 2.45) is 0 Å². The van der Waals surface area contributed by atoms with Crippen molar-refractivity contribution in [3.8, 4) is 11.8 Å². The summed E-state index contributed by atoms with van der Waals surface area (Å²) in [4.78, 5) is 8.29.